The third-order valence-corrected chi connectivity index (χ3v) is 4.60. The summed E-state index contributed by atoms with van der Waals surface area (Å²) < 4.78 is 12.6. The summed E-state index contributed by atoms with van der Waals surface area (Å²) in [6.45, 7) is 0. The Bertz CT molecular complexity index is 943. The van der Waals surface area contributed by atoms with Crippen LogP contribution in [0.2, 0.25) is 0 Å². The van der Waals surface area contributed by atoms with Gasteiger partial charge in [-0.3, -0.25) is 4.99 Å². The van der Waals surface area contributed by atoms with Gasteiger partial charge in [0.1, 0.15) is 0 Å². The van der Waals surface area contributed by atoms with E-state index in [1.165, 1.54) is 0 Å². The zero-order valence-corrected chi connectivity index (χ0v) is 15.2. The molecule has 0 aliphatic heterocycles. The Morgan fingerprint density at radius 1 is 1.00 bits per heavy atom. The quantitative estimate of drug-likeness (QED) is 0.658. The Balaban J connectivity index is 2.07. The molecule has 0 unspecified atom stereocenters. The Morgan fingerprint density at radius 2 is 1.80 bits per heavy atom. The van der Waals surface area contributed by atoms with E-state index >= 15 is 0 Å². The van der Waals surface area contributed by atoms with E-state index < -0.39 is 0 Å². The monoisotopic (exact) mass is 353 g/mol. The van der Waals surface area contributed by atoms with Gasteiger partial charge < -0.3 is 9.47 Å². The predicted octanol–water partition coefficient (Wildman–Crippen LogP) is 3.65. The average molecular weight is 353 g/mol. The van der Waals surface area contributed by atoms with Crippen LogP contribution in [0.3, 0.4) is 0 Å². The fourth-order valence-electron chi connectivity index (χ4n) is 2.50. The molecule has 6 heteroatoms. The normalized spacial score (nSPS) is 11.9. The Kier molecular flexibility index (Phi) is 5.30. The lowest BCUT2D eigenvalue weighted by Crippen LogP contribution is -2.11. The van der Waals surface area contributed by atoms with Gasteiger partial charge in [-0.05, 0) is 12.1 Å². The molecule has 0 atom stereocenters. The van der Waals surface area contributed by atoms with Crippen LogP contribution in [-0.4, -0.2) is 32.2 Å². The third-order valence-electron chi connectivity index (χ3n) is 3.69. The number of methoxy groups -OCH3 is 2. The minimum atomic E-state index is 0.654. The van der Waals surface area contributed by atoms with E-state index in [4.69, 9.17) is 9.47 Å². The zero-order valence-electron chi connectivity index (χ0n) is 14.3. The summed E-state index contributed by atoms with van der Waals surface area (Å²) in [6.07, 6.45) is 1.76. The van der Waals surface area contributed by atoms with Crippen molar-refractivity contribution in [2.75, 3.05) is 21.3 Å². The summed E-state index contributed by atoms with van der Waals surface area (Å²) in [4.78, 5) is 5.13. The molecule has 128 valence electrons. The van der Waals surface area contributed by atoms with E-state index in [-0.39, 0.29) is 0 Å². The van der Waals surface area contributed by atoms with E-state index in [2.05, 4.69) is 27.6 Å². The van der Waals surface area contributed by atoms with Gasteiger partial charge in [0, 0.05) is 23.6 Å². The van der Waals surface area contributed by atoms with Crippen molar-refractivity contribution in [2.45, 2.75) is 0 Å². The van der Waals surface area contributed by atoms with Gasteiger partial charge in [0.2, 0.25) is 4.80 Å². The SMILES string of the molecule is CN=c1scc(-c2ccccc2)n1/N=C\c1cccc(OC)c1OC. The second-order valence-electron chi connectivity index (χ2n) is 5.13. The Morgan fingerprint density at radius 3 is 2.48 bits per heavy atom. The molecule has 3 aromatic rings. The lowest BCUT2D eigenvalue weighted by molar-refractivity contribution is 0.354. The molecule has 0 aliphatic carbocycles. The van der Waals surface area contributed by atoms with E-state index in [9.17, 15) is 0 Å². The van der Waals surface area contributed by atoms with Gasteiger partial charge in [-0.25, -0.2) is 4.68 Å². The maximum absolute atomic E-state index is 5.46. The molecule has 3 rings (SSSR count). The molecule has 0 radical (unpaired) electrons. The van der Waals surface area contributed by atoms with Crippen LogP contribution in [0.5, 0.6) is 11.5 Å². The molecular formula is C19H19N3O2S. The zero-order chi connectivity index (χ0) is 17.6. The number of rotatable bonds is 5. The van der Waals surface area contributed by atoms with Crippen LogP contribution in [0.15, 0.2) is 64.0 Å². The van der Waals surface area contributed by atoms with Crippen molar-refractivity contribution in [1.29, 1.82) is 0 Å². The van der Waals surface area contributed by atoms with Crippen LogP contribution in [-0.2, 0) is 0 Å². The minimum Gasteiger partial charge on any atom is -0.493 e. The molecule has 5 nitrogen and oxygen atoms in total. The summed E-state index contributed by atoms with van der Waals surface area (Å²) >= 11 is 1.55. The second-order valence-corrected chi connectivity index (χ2v) is 5.97. The van der Waals surface area contributed by atoms with Gasteiger partial charge in [0.25, 0.3) is 0 Å². The summed E-state index contributed by atoms with van der Waals surface area (Å²) in [5.41, 5.74) is 2.91. The molecule has 0 amide bonds. The molecule has 0 N–H and O–H groups in total. The largest absolute Gasteiger partial charge is 0.493 e. The van der Waals surface area contributed by atoms with Crippen molar-refractivity contribution >= 4 is 17.6 Å². The molecule has 25 heavy (non-hydrogen) atoms. The number of ether oxygens (including phenoxy) is 2. The Labute approximate surface area is 150 Å². The van der Waals surface area contributed by atoms with Crippen molar-refractivity contribution in [3.63, 3.8) is 0 Å². The van der Waals surface area contributed by atoms with E-state index in [0.29, 0.717) is 11.5 Å². The molecule has 0 aliphatic rings. The highest BCUT2D eigenvalue weighted by Gasteiger charge is 2.09. The van der Waals surface area contributed by atoms with E-state index in [0.717, 1.165) is 21.6 Å². The minimum absolute atomic E-state index is 0.654. The van der Waals surface area contributed by atoms with Crippen molar-refractivity contribution in [1.82, 2.24) is 4.68 Å². The van der Waals surface area contributed by atoms with Gasteiger partial charge in [-0.15, -0.1) is 11.3 Å². The van der Waals surface area contributed by atoms with E-state index in [1.54, 1.807) is 38.8 Å². The number of aromatic nitrogens is 1. The second kappa shape index (κ2) is 7.81. The lowest BCUT2D eigenvalue weighted by Gasteiger charge is -2.09. The first kappa shape index (κ1) is 17.0. The van der Waals surface area contributed by atoms with Crippen molar-refractivity contribution in [3.05, 3.63) is 64.3 Å². The number of hydrogen-bond donors (Lipinski definition) is 0. The van der Waals surface area contributed by atoms with Crippen LogP contribution < -0.4 is 14.3 Å². The molecule has 1 aromatic heterocycles. The van der Waals surface area contributed by atoms with Gasteiger partial charge in [-0.2, -0.15) is 5.10 Å². The van der Waals surface area contributed by atoms with Gasteiger partial charge in [0.05, 0.1) is 26.1 Å². The van der Waals surface area contributed by atoms with Crippen LogP contribution in [0.25, 0.3) is 11.3 Å². The number of para-hydroxylation sites is 1. The number of benzene rings is 2. The van der Waals surface area contributed by atoms with Crippen LogP contribution in [0.4, 0.5) is 0 Å². The predicted molar refractivity (Wildman–Crippen MR) is 102 cm³/mol. The maximum Gasteiger partial charge on any atom is 0.205 e. The average Bonchev–Trinajstić information content (AvgIpc) is 3.09. The molecule has 0 saturated heterocycles. The van der Waals surface area contributed by atoms with Gasteiger partial charge >= 0.3 is 0 Å². The smallest absolute Gasteiger partial charge is 0.205 e. The third kappa shape index (κ3) is 3.49. The highest BCUT2D eigenvalue weighted by atomic mass is 32.1. The van der Waals surface area contributed by atoms with Gasteiger partial charge in [0.15, 0.2) is 11.5 Å². The fourth-order valence-corrected chi connectivity index (χ4v) is 3.31. The first-order valence-electron chi connectivity index (χ1n) is 7.72. The van der Waals surface area contributed by atoms with E-state index in [1.807, 2.05) is 41.1 Å². The fraction of sp³-hybridized carbons (Fsp3) is 0.158. The molecule has 0 saturated carbocycles. The lowest BCUT2D eigenvalue weighted by atomic mass is 10.2. The molecule has 2 aromatic carbocycles. The molecule has 0 fully saturated rings. The van der Waals surface area contributed by atoms with Gasteiger partial charge in [-0.1, -0.05) is 36.4 Å². The maximum atomic E-state index is 5.46. The highest BCUT2D eigenvalue weighted by molar-refractivity contribution is 7.07. The molecule has 0 bridgehead atoms. The number of hydrogen-bond acceptors (Lipinski definition) is 5. The van der Waals surface area contributed by atoms with Crippen LogP contribution in [0.1, 0.15) is 5.56 Å². The number of nitrogens with zero attached hydrogens (tertiary/aromatic N) is 3. The van der Waals surface area contributed by atoms with Crippen LogP contribution >= 0.6 is 11.3 Å². The van der Waals surface area contributed by atoms with Crippen molar-refractivity contribution in [3.8, 4) is 22.8 Å². The van der Waals surface area contributed by atoms with Crippen molar-refractivity contribution < 1.29 is 9.47 Å². The van der Waals surface area contributed by atoms with Crippen molar-refractivity contribution in [2.24, 2.45) is 10.1 Å². The summed E-state index contributed by atoms with van der Waals surface area (Å²) in [5.74, 6) is 1.33. The highest BCUT2D eigenvalue weighted by Crippen LogP contribution is 2.29. The Hall–Kier alpha value is -2.86. The van der Waals surface area contributed by atoms with Crippen LogP contribution in [0, 0.1) is 0 Å². The molecular weight excluding hydrogens is 334 g/mol. The molecule has 1 heterocycles. The standard InChI is InChI=1S/C19H19N3O2S/c1-20-19-22(16(13-25-19)14-8-5-4-6-9-14)21-12-15-10-7-11-17(23-2)18(15)24-3/h4-13H,1-3H3/b20-19?,21-12-. The topological polar surface area (TPSA) is 48.1 Å². The summed E-state index contributed by atoms with van der Waals surface area (Å²) in [7, 11) is 5.00. The molecule has 0 spiro atoms. The summed E-state index contributed by atoms with van der Waals surface area (Å²) in [6, 6.07) is 15.8. The summed E-state index contributed by atoms with van der Waals surface area (Å²) in [5, 5.41) is 6.69. The first-order chi connectivity index (χ1) is 12.3. The number of thiazole rings is 1. The first-order valence-corrected chi connectivity index (χ1v) is 8.60.